The monoisotopic (exact) mass is 394 g/mol. The third kappa shape index (κ3) is 4.90. The summed E-state index contributed by atoms with van der Waals surface area (Å²) in [5.41, 5.74) is 2.26. The summed E-state index contributed by atoms with van der Waals surface area (Å²) in [5.74, 6) is 0.548. The Labute approximate surface area is 168 Å². The van der Waals surface area contributed by atoms with Gasteiger partial charge in [-0.2, -0.15) is 0 Å². The van der Waals surface area contributed by atoms with E-state index in [0.717, 1.165) is 55.3 Å². The van der Waals surface area contributed by atoms with Crippen LogP contribution in [-0.4, -0.2) is 34.0 Å². The predicted octanol–water partition coefficient (Wildman–Crippen LogP) is 4.48. The zero-order valence-corrected chi connectivity index (χ0v) is 16.1. The van der Waals surface area contributed by atoms with Crippen molar-refractivity contribution < 1.29 is 18.7 Å². The maximum Gasteiger partial charge on any atom is 0.335 e. The minimum absolute atomic E-state index is 0.225. The standard InChI is InChI=1S/C23H23FN2O3/c24-20-5-1-3-17(11-20)12-21-13-25-22(29-21)19-4-2-10-26(15-19)14-16-6-8-18(9-7-16)23(27)28/h1,3,5-9,11,13,19H,2,4,10,12,14-15H2,(H,27,28)/t19-/m1/s1. The van der Waals surface area contributed by atoms with Gasteiger partial charge in [0, 0.05) is 25.4 Å². The third-order valence-electron chi connectivity index (χ3n) is 5.30. The number of hydrogen-bond donors (Lipinski definition) is 1. The molecule has 1 aliphatic rings. The Balaban J connectivity index is 1.38. The largest absolute Gasteiger partial charge is 0.478 e. The summed E-state index contributed by atoms with van der Waals surface area (Å²) >= 11 is 0. The fourth-order valence-corrected chi connectivity index (χ4v) is 3.85. The van der Waals surface area contributed by atoms with E-state index in [1.165, 1.54) is 12.1 Å². The summed E-state index contributed by atoms with van der Waals surface area (Å²) < 4.78 is 19.4. The number of carbonyl (C=O) groups is 1. The first-order chi connectivity index (χ1) is 14.1. The van der Waals surface area contributed by atoms with Crippen molar-refractivity contribution in [1.82, 2.24) is 9.88 Å². The third-order valence-corrected chi connectivity index (χ3v) is 5.30. The molecule has 0 amide bonds. The van der Waals surface area contributed by atoms with Crippen LogP contribution in [0.5, 0.6) is 0 Å². The number of piperidine rings is 1. The summed E-state index contributed by atoms with van der Waals surface area (Å²) in [5, 5.41) is 9.02. The van der Waals surface area contributed by atoms with Gasteiger partial charge in [-0.1, -0.05) is 24.3 Å². The molecular weight excluding hydrogens is 371 g/mol. The van der Waals surface area contributed by atoms with Crippen molar-refractivity contribution in [3.8, 4) is 0 Å². The molecule has 5 nitrogen and oxygen atoms in total. The van der Waals surface area contributed by atoms with Crippen molar-refractivity contribution in [2.24, 2.45) is 0 Å². The highest BCUT2D eigenvalue weighted by Gasteiger charge is 2.25. The molecule has 4 rings (SSSR count). The second-order valence-corrected chi connectivity index (χ2v) is 7.55. The van der Waals surface area contributed by atoms with Gasteiger partial charge in [0.05, 0.1) is 11.8 Å². The van der Waals surface area contributed by atoms with Crippen LogP contribution in [0, 0.1) is 5.82 Å². The maximum atomic E-state index is 13.4. The van der Waals surface area contributed by atoms with Gasteiger partial charge in [0.1, 0.15) is 11.6 Å². The zero-order chi connectivity index (χ0) is 20.2. The number of aromatic carboxylic acids is 1. The van der Waals surface area contributed by atoms with Crippen molar-refractivity contribution in [3.05, 3.63) is 88.9 Å². The number of aromatic nitrogens is 1. The highest BCUT2D eigenvalue weighted by Crippen LogP contribution is 2.28. The molecule has 29 heavy (non-hydrogen) atoms. The molecule has 0 spiro atoms. The molecule has 2 heterocycles. The van der Waals surface area contributed by atoms with E-state index in [9.17, 15) is 9.18 Å². The molecule has 1 aliphatic heterocycles. The van der Waals surface area contributed by atoms with E-state index in [1.54, 1.807) is 24.4 Å². The Morgan fingerprint density at radius 1 is 1.21 bits per heavy atom. The fraction of sp³-hybridized carbons (Fsp3) is 0.304. The number of oxazole rings is 1. The second-order valence-electron chi connectivity index (χ2n) is 7.55. The molecule has 1 fully saturated rings. The number of benzene rings is 2. The first kappa shape index (κ1) is 19.3. The lowest BCUT2D eigenvalue weighted by Gasteiger charge is -2.31. The van der Waals surface area contributed by atoms with Crippen LogP contribution >= 0.6 is 0 Å². The van der Waals surface area contributed by atoms with Crippen LogP contribution < -0.4 is 0 Å². The zero-order valence-electron chi connectivity index (χ0n) is 16.1. The van der Waals surface area contributed by atoms with Crippen LogP contribution in [0.25, 0.3) is 0 Å². The van der Waals surface area contributed by atoms with E-state index < -0.39 is 5.97 Å². The van der Waals surface area contributed by atoms with Crippen LogP contribution in [-0.2, 0) is 13.0 Å². The molecule has 1 atom stereocenters. The molecule has 1 saturated heterocycles. The number of rotatable bonds is 6. The van der Waals surface area contributed by atoms with E-state index in [4.69, 9.17) is 9.52 Å². The Bertz CT molecular complexity index is 984. The van der Waals surface area contributed by atoms with Gasteiger partial charge < -0.3 is 9.52 Å². The van der Waals surface area contributed by atoms with E-state index in [-0.39, 0.29) is 11.7 Å². The Kier molecular flexibility index (Phi) is 5.71. The number of carboxylic acid groups (broad SMARTS) is 1. The molecular formula is C23H23FN2O3. The van der Waals surface area contributed by atoms with Crippen LogP contribution in [0.1, 0.15) is 51.9 Å². The topological polar surface area (TPSA) is 66.6 Å². The molecule has 150 valence electrons. The summed E-state index contributed by atoms with van der Waals surface area (Å²) in [4.78, 5) is 17.8. The van der Waals surface area contributed by atoms with Crippen molar-refractivity contribution >= 4 is 5.97 Å². The smallest absolute Gasteiger partial charge is 0.335 e. The minimum atomic E-state index is -0.910. The number of halogens is 1. The maximum absolute atomic E-state index is 13.4. The van der Waals surface area contributed by atoms with Gasteiger partial charge >= 0.3 is 5.97 Å². The van der Waals surface area contributed by atoms with Crippen molar-refractivity contribution in [1.29, 1.82) is 0 Å². The Morgan fingerprint density at radius 3 is 2.79 bits per heavy atom. The van der Waals surface area contributed by atoms with Crippen molar-refractivity contribution in [2.45, 2.75) is 31.7 Å². The average molecular weight is 394 g/mol. The van der Waals surface area contributed by atoms with Crippen molar-refractivity contribution in [3.63, 3.8) is 0 Å². The van der Waals surface area contributed by atoms with Gasteiger partial charge in [0.2, 0.25) is 0 Å². The highest BCUT2D eigenvalue weighted by atomic mass is 19.1. The van der Waals surface area contributed by atoms with E-state index >= 15 is 0 Å². The summed E-state index contributed by atoms with van der Waals surface area (Å²) in [7, 11) is 0. The average Bonchev–Trinajstić information content (AvgIpc) is 3.17. The van der Waals surface area contributed by atoms with Gasteiger partial charge in [-0.25, -0.2) is 14.2 Å². The van der Waals surface area contributed by atoms with Crippen LogP contribution in [0.15, 0.2) is 59.1 Å². The second kappa shape index (κ2) is 8.57. The molecule has 0 radical (unpaired) electrons. The molecule has 1 N–H and O–H groups in total. The van der Waals surface area contributed by atoms with Gasteiger partial charge in [0.25, 0.3) is 0 Å². The van der Waals surface area contributed by atoms with E-state index in [0.29, 0.717) is 12.0 Å². The summed E-state index contributed by atoms with van der Waals surface area (Å²) in [6.45, 7) is 2.61. The quantitative estimate of drug-likeness (QED) is 0.668. The molecule has 0 bridgehead atoms. The Morgan fingerprint density at radius 2 is 2.03 bits per heavy atom. The molecule has 0 aliphatic carbocycles. The lowest BCUT2D eigenvalue weighted by atomic mass is 9.97. The van der Waals surface area contributed by atoms with Gasteiger partial charge in [0.15, 0.2) is 5.89 Å². The Hall–Kier alpha value is -2.99. The summed E-state index contributed by atoms with van der Waals surface area (Å²) in [6, 6.07) is 13.6. The first-order valence-corrected chi connectivity index (χ1v) is 9.80. The molecule has 0 saturated carbocycles. The summed E-state index contributed by atoms with van der Waals surface area (Å²) in [6.07, 6.45) is 4.34. The predicted molar refractivity (Wildman–Crippen MR) is 106 cm³/mol. The minimum Gasteiger partial charge on any atom is -0.478 e. The number of carboxylic acids is 1. The molecule has 2 aromatic carbocycles. The van der Waals surface area contributed by atoms with Gasteiger partial charge in [-0.05, 0) is 54.8 Å². The molecule has 6 heteroatoms. The van der Waals surface area contributed by atoms with Crippen LogP contribution in [0.2, 0.25) is 0 Å². The number of hydrogen-bond acceptors (Lipinski definition) is 4. The van der Waals surface area contributed by atoms with E-state index in [1.807, 2.05) is 18.2 Å². The van der Waals surface area contributed by atoms with Crippen molar-refractivity contribution in [2.75, 3.05) is 13.1 Å². The van der Waals surface area contributed by atoms with Gasteiger partial charge in [-0.15, -0.1) is 0 Å². The SMILES string of the molecule is O=C(O)c1ccc(CN2CCC[C@@H](c3ncc(Cc4cccc(F)c4)o3)C2)cc1. The lowest BCUT2D eigenvalue weighted by Crippen LogP contribution is -2.34. The number of likely N-dealkylation sites (tertiary alicyclic amines) is 1. The highest BCUT2D eigenvalue weighted by molar-refractivity contribution is 5.87. The lowest BCUT2D eigenvalue weighted by molar-refractivity contribution is 0.0697. The van der Waals surface area contributed by atoms with Gasteiger partial charge in [-0.3, -0.25) is 4.90 Å². The van der Waals surface area contributed by atoms with Crippen LogP contribution in [0.4, 0.5) is 4.39 Å². The van der Waals surface area contributed by atoms with Crippen LogP contribution in [0.3, 0.4) is 0 Å². The molecule has 0 unspecified atom stereocenters. The number of nitrogens with zero attached hydrogens (tertiary/aromatic N) is 2. The molecule has 1 aromatic heterocycles. The first-order valence-electron chi connectivity index (χ1n) is 9.80. The fourth-order valence-electron chi connectivity index (χ4n) is 3.85. The van der Waals surface area contributed by atoms with E-state index in [2.05, 4.69) is 9.88 Å². The normalized spacial score (nSPS) is 17.3. The molecule has 3 aromatic rings.